The summed E-state index contributed by atoms with van der Waals surface area (Å²) in [4.78, 5) is 20.1. The first-order valence-corrected chi connectivity index (χ1v) is 9.09. The molecule has 3 rings (SSSR count). The molecule has 0 spiro atoms. The number of carbonyl (C=O) groups is 1. The highest BCUT2D eigenvalue weighted by Crippen LogP contribution is 2.27. The van der Waals surface area contributed by atoms with Crippen molar-refractivity contribution in [2.75, 3.05) is 6.54 Å². The van der Waals surface area contributed by atoms with Gasteiger partial charge in [-0.05, 0) is 52.0 Å². The maximum atomic E-state index is 13.2. The molecule has 0 saturated carbocycles. The highest BCUT2D eigenvalue weighted by molar-refractivity contribution is 6.05. The summed E-state index contributed by atoms with van der Waals surface area (Å²) in [7, 11) is 0. The lowest BCUT2D eigenvalue weighted by atomic mass is 10.00. The third-order valence-electron chi connectivity index (χ3n) is 4.96. The Balaban J connectivity index is 2.13. The minimum Gasteiger partial charge on any atom is -0.336 e. The monoisotopic (exact) mass is 328 g/mol. The molecule has 3 heterocycles. The third kappa shape index (κ3) is 2.92. The molecule has 0 unspecified atom stereocenters. The van der Waals surface area contributed by atoms with Crippen molar-refractivity contribution in [2.24, 2.45) is 0 Å². The number of likely N-dealkylation sites (tertiary alicyclic amines) is 1. The predicted octanol–water partition coefficient (Wildman–Crippen LogP) is 4.15. The van der Waals surface area contributed by atoms with Crippen LogP contribution in [-0.4, -0.2) is 38.2 Å². The summed E-state index contributed by atoms with van der Waals surface area (Å²) in [6, 6.07) is 2.50. The van der Waals surface area contributed by atoms with Gasteiger partial charge in [-0.1, -0.05) is 13.8 Å². The number of pyridine rings is 1. The topological polar surface area (TPSA) is 51.0 Å². The van der Waals surface area contributed by atoms with Crippen molar-refractivity contribution in [3.63, 3.8) is 0 Å². The van der Waals surface area contributed by atoms with Crippen molar-refractivity contribution in [1.82, 2.24) is 19.7 Å². The fourth-order valence-electron chi connectivity index (χ4n) is 3.44. The molecule has 1 aliphatic heterocycles. The maximum absolute atomic E-state index is 13.2. The zero-order valence-electron chi connectivity index (χ0n) is 15.4. The standard InChI is InChI=1S/C19H28N4O/c1-12(2)17-10-15(19(24)22-9-7-6-8-14(22)5)16-11-20-23(13(3)4)18(16)21-17/h10-14H,6-9H2,1-5H3/t14-/m0/s1. The van der Waals surface area contributed by atoms with Crippen molar-refractivity contribution in [2.45, 2.75) is 71.9 Å². The van der Waals surface area contributed by atoms with Crippen LogP contribution in [0.2, 0.25) is 0 Å². The lowest BCUT2D eigenvalue weighted by Gasteiger charge is -2.33. The number of amides is 1. The fourth-order valence-corrected chi connectivity index (χ4v) is 3.44. The number of hydrogen-bond acceptors (Lipinski definition) is 3. The molecule has 0 aliphatic carbocycles. The summed E-state index contributed by atoms with van der Waals surface area (Å²) in [6.45, 7) is 11.4. The summed E-state index contributed by atoms with van der Waals surface area (Å²) < 4.78 is 1.91. The van der Waals surface area contributed by atoms with Crippen LogP contribution in [0, 0.1) is 0 Å². The van der Waals surface area contributed by atoms with Crippen molar-refractivity contribution < 1.29 is 4.79 Å². The molecular weight excluding hydrogens is 300 g/mol. The second kappa shape index (κ2) is 6.54. The van der Waals surface area contributed by atoms with Gasteiger partial charge in [-0.3, -0.25) is 4.79 Å². The first-order chi connectivity index (χ1) is 11.4. The smallest absolute Gasteiger partial charge is 0.254 e. The predicted molar refractivity (Wildman–Crippen MR) is 96.4 cm³/mol. The molecule has 1 amide bonds. The quantitative estimate of drug-likeness (QED) is 0.850. The Morgan fingerprint density at radius 1 is 1.25 bits per heavy atom. The van der Waals surface area contributed by atoms with E-state index in [4.69, 9.17) is 4.98 Å². The molecule has 0 N–H and O–H groups in total. The highest BCUT2D eigenvalue weighted by Gasteiger charge is 2.27. The van der Waals surface area contributed by atoms with Crippen molar-refractivity contribution in [3.05, 3.63) is 23.5 Å². The highest BCUT2D eigenvalue weighted by atomic mass is 16.2. The van der Waals surface area contributed by atoms with Crippen LogP contribution in [0.4, 0.5) is 0 Å². The minimum atomic E-state index is 0.125. The Morgan fingerprint density at radius 2 is 2.00 bits per heavy atom. The summed E-state index contributed by atoms with van der Waals surface area (Å²) in [5, 5.41) is 5.36. The van der Waals surface area contributed by atoms with Crippen LogP contribution in [0.1, 0.15) is 81.9 Å². The van der Waals surface area contributed by atoms with Gasteiger partial charge in [0.15, 0.2) is 5.65 Å². The molecule has 1 aliphatic rings. The van der Waals surface area contributed by atoms with Crippen molar-refractivity contribution in [1.29, 1.82) is 0 Å². The summed E-state index contributed by atoms with van der Waals surface area (Å²) in [6.07, 6.45) is 5.18. The van der Waals surface area contributed by atoms with Gasteiger partial charge < -0.3 is 4.90 Å². The van der Waals surface area contributed by atoms with E-state index in [1.54, 1.807) is 6.20 Å². The van der Waals surface area contributed by atoms with E-state index >= 15 is 0 Å². The van der Waals surface area contributed by atoms with Gasteiger partial charge in [-0.25, -0.2) is 9.67 Å². The number of hydrogen-bond donors (Lipinski definition) is 0. The van der Waals surface area contributed by atoms with E-state index in [0.717, 1.165) is 41.7 Å². The Labute approximate surface area is 144 Å². The molecule has 2 aromatic heterocycles. The molecule has 1 fully saturated rings. The van der Waals surface area contributed by atoms with E-state index in [9.17, 15) is 4.79 Å². The lowest BCUT2D eigenvalue weighted by molar-refractivity contribution is 0.0637. The van der Waals surface area contributed by atoms with Gasteiger partial charge in [-0.2, -0.15) is 5.10 Å². The average Bonchev–Trinajstić information content (AvgIpc) is 2.97. The third-order valence-corrected chi connectivity index (χ3v) is 4.96. The molecule has 0 radical (unpaired) electrons. The normalized spacial score (nSPS) is 18.8. The molecule has 0 bridgehead atoms. The minimum absolute atomic E-state index is 0.125. The Hall–Kier alpha value is -1.91. The van der Waals surface area contributed by atoms with Crippen molar-refractivity contribution >= 4 is 16.9 Å². The van der Waals surface area contributed by atoms with Crippen LogP contribution in [0.3, 0.4) is 0 Å². The average molecular weight is 328 g/mol. The molecule has 5 heteroatoms. The maximum Gasteiger partial charge on any atom is 0.254 e. The lowest BCUT2D eigenvalue weighted by Crippen LogP contribution is -2.42. The molecular formula is C19H28N4O. The number of carbonyl (C=O) groups excluding carboxylic acids is 1. The van der Waals surface area contributed by atoms with Crippen LogP contribution < -0.4 is 0 Å². The molecule has 1 saturated heterocycles. The van der Waals surface area contributed by atoms with Gasteiger partial charge in [0.05, 0.1) is 17.1 Å². The molecule has 130 valence electrons. The van der Waals surface area contributed by atoms with E-state index in [1.165, 1.54) is 6.42 Å². The summed E-state index contributed by atoms with van der Waals surface area (Å²) in [5.74, 6) is 0.398. The van der Waals surface area contributed by atoms with Crippen LogP contribution in [0.5, 0.6) is 0 Å². The second-order valence-electron chi connectivity index (χ2n) is 7.51. The fraction of sp³-hybridized carbons (Fsp3) is 0.632. The van der Waals surface area contributed by atoms with Crippen LogP contribution in [0.25, 0.3) is 11.0 Å². The van der Waals surface area contributed by atoms with Gasteiger partial charge >= 0.3 is 0 Å². The number of rotatable bonds is 3. The first-order valence-electron chi connectivity index (χ1n) is 9.09. The second-order valence-corrected chi connectivity index (χ2v) is 7.51. The van der Waals surface area contributed by atoms with Crippen LogP contribution >= 0.6 is 0 Å². The Bertz CT molecular complexity index is 747. The van der Waals surface area contributed by atoms with E-state index in [0.29, 0.717) is 6.04 Å². The Morgan fingerprint density at radius 3 is 2.62 bits per heavy atom. The van der Waals surface area contributed by atoms with Crippen molar-refractivity contribution in [3.8, 4) is 0 Å². The van der Waals surface area contributed by atoms with E-state index in [-0.39, 0.29) is 17.9 Å². The zero-order chi connectivity index (χ0) is 17.4. The zero-order valence-corrected chi connectivity index (χ0v) is 15.4. The number of aromatic nitrogens is 3. The van der Waals surface area contributed by atoms with E-state index in [2.05, 4.69) is 39.7 Å². The molecule has 2 aromatic rings. The number of nitrogens with zero attached hydrogens (tertiary/aromatic N) is 4. The van der Waals surface area contributed by atoms with E-state index in [1.807, 2.05) is 15.6 Å². The molecule has 24 heavy (non-hydrogen) atoms. The number of fused-ring (bicyclic) bond motifs is 1. The van der Waals surface area contributed by atoms with Gasteiger partial charge in [0.1, 0.15) is 0 Å². The van der Waals surface area contributed by atoms with Gasteiger partial charge in [0, 0.05) is 24.3 Å². The van der Waals surface area contributed by atoms with Gasteiger partial charge in [-0.15, -0.1) is 0 Å². The number of piperidine rings is 1. The van der Waals surface area contributed by atoms with E-state index < -0.39 is 0 Å². The van der Waals surface area contributed by atoms with Gasteiger partial charge in [0.2, 0.25) is 0 Å². The summed E-state index contributed by atoms with van der Waals surface area (Å²) in [5.41, 5.74) is 2.53. The first kappa shape index (κ1) is 16.9. The van der Waals surface area contributed by atoms with Crippen LogP contribution in [-0.2, 0) is 0 Å². The molecule has 0 aromatic carbocycles. The van der Waals surface area contributed by atoms with Gasteiger partial charge in [0.25, 0.3) is 5.91 Å². The largest absolute Gasteiger partial charge is 0.336 e. The molecule has 1 atom stereocenters. The SMILES string of the molecule is CC(C)c1cc(C(=O)N2CCCC[C@@H]2C)c2cnn(C(C)C)c2n1. The Kier molecular flexibility index (Phi) is 4.61. The van der Waals surface area contributed by atoms with Crippen LogP contribution in [0.15, 0.2) is 12.3 Å². The molecule has 5 nitrogen and oxygen atoms in total. The summed E-state index contributed by atoms with van der Waals surface area (Å²) >= 11 is 0.